The highest BCUT2D eigenvalue weighted by atomic mass is 35.5. The van der Waals surface area contributed by atoms with Crippen LogP contribution in [0.2, 0.25) is 10.0 Å². The molecule has 0 fully saturated rings. The molecule has 0 spiro atoms. The zero-order chi connectivity index (χ0) is 23.3. The Hall–Kier alpha value is -2.35. The van der Waals surface area contributed by atoms with E-state index in [1.165, 1.54) is 23.5 Å². The molecule has 1 atom stereocenters. The summed E-state index contributed by atoms with van der Waals surface area (Å²) in [5.74, 6) is -1.17. The molecule has 0 radical (unpaired) electrons. The monoisotopic (exact) mass is 495 g/mol. The van der Waals surface area contributed by atoms with Crippen molar-refractivity contribution in [1.82, 2.24) is 0 Å². The first-order valence-corrected chi connectivity index (χ1v) is 11.8. The summed E-state index contributed by atoms with van der Waals surface area (Å²) < 4.78 is 10.2. The largest absolute Gasteiger partial charge is 0.462 e. The Balaban J connectivity index is 1.63. The van der Waals surface area contributed by atoms with Crippen LogP contribution in [-0.2, 0) is 31.9 Å². The number of ether oxygens (including phenoxy) is 2. The van der Waals surface area contributed by atoms with E-state index in [9.17, 15) is 14.4 Å². The molecule has 0 saturated carbocycles. The van der Waals surface area contributed by atoms with Crippen LogP contribution in [0.1, 0.15) is 46.6 Å². The van der Waals surface area contributed by atoms with Gasteiger partial charge in [-0.05, 0) is 61.4 Å². The van der Waals surface area contributed by atoms with Gasteiger partial charge in [-0.1, -0.05) is 36.2 Å². The van der Waals surface area contributed by atoms with Crippen LogP contribution in [0.5, 0.6) is 0 Å². The number of hydrogen-bond donors (Lipinski definition) is 1. The highest BCUT2D eigenvalue weighted by molar-refractivity contribution is 7.17. The third-order valence-electron chi connectivity index (χ3n) is 4.95. The molecule has 1 aromatic carbocycles. The average molecular weight is 496 g/mol. The van der Waals surface area contributed by atoms with Crippen LogP contribution >= 0.6 is 34.5 Å². The highest BCUT2D eigenvalue weighted by Gasteiger charge is 2.29. The molecule has 1 aliphatic rings. The lowest BCUT2D eigenvalue weighted by Gasteiger charge is -2.18. The first-order chi connectivity index (χ1) is 15.3. The van der Waals surface area contributed by atoms with Gasteiger partial charge in [-0.25, -0.2) is 9.59 Å². The molecule has 1 amide bonds. The summed E-state index contributed by atoms with van der Waals surface area (Å²) in [6.07, 6.45) is 5.26. The number of rotatable bonds is 7. The summed E-state index contributed by atoms with van der Waals surface area (Å²) in [4.78, 5) is 38.0. The summed E-state index contributed by atoms with van der Waals surface area (Å²) in [5, 5.41) is 4.02. The van der Waals surface area contributed by atoms with Gasteiger partial charge in [0.1, 0.15) is 5.00 Å². The lowest BCUT2D eigenvalue weighted by atomic mass is 9.88. The van der Waals surface area contributed by atoms with Gasteiger partial charge in [0, 0.05) is 21.0 Å². The minimum atomic E-state index is -0.698. The zero-order valence-corrected chi connectivity index (χ0v) is 20.0. The molecule has 0 aliphatic heterocycles. The van der Waals surface area contributed by atoms with Gasteiger partial charge in [-0.3, -0.25) is 4.79 Å². The molecule has 170 valence electrons. The van der Waals surface area contributed by atoms with Gasteiger partial charge in [0.2, 0.25) is 0 Å². The molecule has 3 rings (SSSR count). The summed E-state index contributed by atoms with van der Waals surface area (Å²) in [5.41, 5.74) is 1.95. The number of hydrogen-bond acceptors (Lipinski definition) is 6. The van der Waals surface area contributed by atoms with E-state index < -0.39 is 24.5 Å². The summed E-state index contributed by atoms with van der Waals surface area (Å²) in [7, 11) is 0. The van der Waals surface area contributed by atoms with E-state index in [2.05, 4.69) is 12.2 Å². The Morgan fingerprint density at radius 3 is 2.75 bits per heavy atom. The Morgan fingerprint density at radius 2 is 2.03 bits per heavy atom. The smallest absolute Gasteiger partial charge is 0.341 e. The van der Waals surface area contributed by atoms with Gasteiger partial charge in [-0.15, -0.1) is 11.3 Å². The number of amides is 1. The molecule has 1 aliphatic carbocycles. The first kappa shape index (κ1) is 24.3. The normalized spacial score (nSPS) is 15.3. The zero-order valence-electron chi connectivity index (χ0n) is 17.7. The fourth-order valence-corrected chi connectivity index (χ4v) is 5.29. The molecule has 9 heteroatoms. The van der Waals surface area contributed by atoms with E-state index in [1.54, 1.807) is 25.1 Å². The molecule has 2 aromatic rings. The van der Waals surface area contributed by atoms with Crippen LogP contribution in [0.25, 0.3) is 6.08 Å². The minimum Gasteiger partial charge on any atom is -0.462 e. The van der Waals surface area contributed by atoms with E-state index in [-0.39, 0.29) is 6.61 Å². The first-order valence-electron chi connectivity index (χ1n) is 10.2. The maximum atomic E-state index is 12.5. The third-order valence-corrected chi connectivity index (χ3v) is 6.68. The van der Waals surface area contributed by atoms with E-state index in [0.29, 0.717) is 32.1 Å². The third kappa shape index (κ3) is 6.12. The van der Waals surface area contributed by atoms with Crippen LogP contribution in [0.3, 0.4) is 0 Å². The molecule has 1 unspecified atom stereocenters. The Kier molecular flexibility index (Phi) is 8.34. The van der Waals surface area contributed by atoms with Crippen molar-refractivity contribution < 1.29 is 23.9 Å². The topological polar surface area (TPSA) is 81.7 Å². The fourth-order valence-electron chi connectivity index (χ4n) is 3.40. The SMILES string of the molecule is CCOC(=O)c1c(NC(=O)COC(=O)/C=C/c2ccc(Cl)cc2Cl)sc2c1CCC(C)C2. The van der Waals surface area contributed by atoms with Gasteiger partial charge in [0.15, 0.2) is 6.61 Å². The van der Waals surface area contributed by atoms with Gasteiger partial charge in [0.05, 0.1) is 12.2 Å². The molecule has 1 aromatic heterocycles. The second kappa shape index (κ2) is 11.0. The highest BCUT2D eigenvalue weighted by Crippen LogP contribution is 2.40. The van der Waals surface area contributed by atoms with E-state index >= 15 is 0 Å². The number of fused-ring (bicyclic) bond motifs is 1. The lowest BCUT2D eigenvalue weighted by molar-refractivity contribution is -0.142. The van der Waals surface area contributed by atoms with Crippen molar-refractivity contribution in [3.63, 3.8) is 0 Å². The van der Waals surface area contributed by atoms with E-state index in [4.69, 9.17) is 32.7 Å². The number of benzene rings is 1. The van der Waals surface area contributed by atoms with Crippen LogP contribution in [0.15, 0.2) is 24.3 Å². The number of thiophene rings is 1. The molecule has 6 nitrogen and oxygen atoms in total. The van der Waals surface area contributed by atoms with Crippen molar-refractivity contribution in [2.45, 2.75) is 33.1 Å². The predicted octanol–water partition coefficient (Wildman–Crippen LogP) is 5.55. The van der Waals surface area contributed by atoms with Crippen LogP contribution in [0.4, 0.5) is 5.00 Å². The van der Waals surface area contributed by atoms with Crippen molar-refractivity contribution >= 4 is 63.5 Å². The maximum Gasteiger partial charge on any atom is 0.341 e. The number of anilines is 1. The quantitative estimate of drug-likeness (QED) is 0.402. The Bertz CT molecular complexity index is 1060. The van der Waals surface area contributed by atoms with Crippen LogP contribution in [0, 0.1) is 5.92 Å². The standard InChI is InChI=1S/C23H23Cl2NO5S/c1-3-30-23(29)21-16-8-4-13(2)10-18(16)32-22(21)26-19(27)12-31-20(28)9-6-14-5-7-15(24)11-17(14)25/h5-7,9,11,13H,3-4,8,10,12H2,1-2H3,(H,26,27)/b9-6+. The molecular formula is C23H23Cl2NO5S. The van der Waals surface area contributed by atoms with Crippen molar-refractivity contribution in [2.24, 2.45) is 5.92 Å². The molecule has 1 heterocycles. The summed E-state index contributed by atoms with van der Waals surface area (Å²) >= 11 is 13.3. The molecule has 1 N–H and O–H groups in total. The van der Waals surface area contributed by atoms with Gasteiger partial charge in [0.25, 0.3) is 5.91 Å². The second-order valence-electron chi connectivity index (χ2n) is 7.43. The average Bonchev–Trinajstić information content (AvgIpc) is 3.08. The van der Waals surface area contributed by atoms with Crippen molar-refractivity contribution in [1.29, 1.82) is 0 Å². The number of nitrogens with one attached hydrogen (secondary N) is 1. The fraction of sp³-hybridized carbons (Fsp3) is 0.348. The summed E-state index contributed by atoms with van der Waals surface area (Å²) in [6.45, 7) is 3.66. The minimum absolute atomic E-state index is 0.245. The Labute approximate surface area is 200 Å². The van der Waals surface area contributed by atoms with Gasteiger partial charge < -0.3 is 14.8 Å². The maximum absolute atomic E-state index is 12.5. The Morgan fingerprint density at radius 1 is 1.25 bits per heavy atom. The lowest BCUT2D eigenvalue weighted by Crippen LogP contribution is -2.21. The number of halogens is 2. The predicted molar refractivity (Wildman–Crippen MR) is 127 cm³/mol. The number of carbonyl (C=O) groups excluding carboxylic acids is 3. The van der Waals surface area contributed by atoms with Crippen LogP contribution in [-0.4, -0.2) is 31.1 Å². The molecule has 32 heavy (non-hydrogen) atoms. The molecule has 0 bridgehead atoms. The molecule has 0 saturated heterocycles. The second-order valence-corrected chi connectivity index (χ2v) is 9.38. The van der Waals surface area contributed by atoms with E-state index in [0.717, 1.165) is 29.7 Å². The van der Waals surface area contributed by atoms with Gasteiger partial charge >= 0.3 is 11.9 Å². The van der Waals surface area contributed by atoms with E-state index in [1.807, 2.05) is 0 Å². The van der Waals surface area contributed by atoms with Crippen molar-refractivity contribution in [2.75, 3.05) is 18.5 Å². The summed E-state index contributed by atoms with van der Waals surface area (Å²) in [6, 6.07) is 4.87. The number of esters is 2. The van der Waals surface area contributed by atoms with Crippen molar-refractivity contribution in [3.05, 3.63) is 55.9 Å². The van der Waals surface area contributed by atoms with Gasteiger partial charge in [-0.2, -0.15) is 0 Å². The number of carbonyl (C=O) groups is 3. The van der Waals surface area contributed by atoms with Crippen molar-refractivity contribution in [3.8, 4) is 0 Å². The molecular weight excluding hydrogens is 473 g/mol. The van der Waals surface area contributed by atoms with Crippen LogP contribution < -0.4 is 5.32 Å².